The van der Waals surface area contributed by atoms with Gasteiger partial charge in [0.05, 0.1) is 4.47 Å². The van der Waals surface area contributed by atoms with E-state index in [-0.39, 0.29) is 11.4 Å². The highest BCUT2D eigenvalue weighted by Gasteiger charge is 2.06. The summed E-state index contributed by atoms with van der Waals surface area (Å²) in [4.78, 5) is 3.81. The van der Waals surface area contributed by atoms with Crippen LogP contribution in [0.2, 0.25) is 0 Å². The Morgan fingerprint density at radius 2 is 2.36 bits per heavy atom. The van der Waals surface area contributed by atoms with E-state index in [2.05, 4.69) is 20.9 Å². The maximum Gasteiger partial charge on any atom is 0.183 e. The molecule has 0 aliphatic carbocycles. The third kappa shape index (κ3) is 1.49. The molecular weight excluding hydrogens is 208 g/mol. The molecule has 0 atom stereocenters. The molecule has 0 saturated carbocycles. The average molecular weight is 213 g/mol. The number of rotatable bonds is 0. The van der Waals surface area contributed by atoms with Crippen molar-refractivity contribution in [3.8, 4) is 11.8 Å². The van der Waals surface area contributed by atoms with E-state index in [1.54, 1.807) is 19.1 Å². The van der Waals surface area contributed by atoms with Crippen LogP contribution in [-0.2, 0) is 0 Å². The molecule has 1 N–H and O–H groups in total. The van der Waals surface area contributed by atoms with Crippen LogP contribution in [0, 0.1) is 18.3 Å². The predicted octanol–water partition coefficient (Wildman–Crippen LogP) is 1.73. The smallest absolute Gasteiger partial charge is 0.183 e. The average Bonchev–Trinajstić information content (AvgIpc) is 1.96. The number of hydrogen-bond acceptors (Lipinski definition) is 3. The zero-order chi connectivity index (χ0) is 8.43. The summed E-state index contributed by atoms with van der Waals surface area (Å²) in [6.07, 6.45) is 0. The fourth-order valence-corrected chi connectivity index (χ4v) is 1.22. The Hall–Kier alpha value is -1.08. The van der Waals surface area contributed by atoms with Gasteiger partial charge in [0.15, 0.2) is 11.4 Å². The molecule has 0 radical (unpaired) electrons. The largest absolute Gasteiger partial charge is 0.504 e. The van der Waals surface area contributed by atoms with Gasteiger partial charge in [0, 0.05) is 5.69 Å². The molecule has 11 heavy (non-hydrogen) atoms. The summed E-state index contributed by atoms with van der Waals surface area (Å²) in [7, 11) is 0. The van der Waals surface area contributed by atoms with E-state index in [4.69, 9.17) is 5.26 Å². The maximum absolute atomic E-state index is 9.19. The number of halogens is 1. The number of aromatic hydroxyl groups is 1. The zero-order valence-electron chi connectivity index (χ0n) is 5.80. The lowest BCUT2D eigenvalue weighted by Crippen LogP contribution is -1.87. The van der Waals surface area contributed by atoms with Gasteiger partial charge in [0.1, 0.15) is 6.07 Å². The third-order valence-electron chi connectivity index (χ3n) is 1.18. The van der Waals surface area contributed by atoms with Crippen LogP contribution in [0.4, 0.5) is 0 Å². The molecular formula is C7H5BrN2O. The molecule has 0 amide bonds. The van der Waals surface area contributed by atoms with Gasteiger partial charge < -0.3 is 5.11 Å². The lowest BCUT2D eigenvalue weighted by molar-refractivity contribution is 0.466. The Balaban J connectivity index is 3.39. The summed E-state index contributed by atoms with van der Waals surface area (Å²) in [5, 5.41) is 17.7. The van der Waals surface area contributed by atoms with Crippen LogP contribution in [0.15, 0.2) is 10.5 Å². The molecule has 0 aromatic carbocycles. The minimum Gasteiger partial charge on any atom is -0.504 e. The van der Waals surface area contributed by atoms with Crippen LogP contribution >= 0.6 is 15.9 Å². The van der Waals surface area contributed by atoms with Crippen LogP contribution in [0.1, 0.15) is 11.4 Å². The van der Waals surface area contributed by atoms with Crippen molar-refractivity contribution in [3.63, 3.8) is 0 Å². The first-order chi connectivity index (χ1) is 5.15. The first kappa shape index (κ1) is 8.02. The monoisotopic (exact) mass is 212 g/mol. The van der Waals surface area contributed by atoms with E-state index in [1.165, 1.54) is 0 Å². The lowest BCUT2D eigenvalue weighted by atomic mass is 10.3. The highest BCUT2D eigenvalue weighted by Crippen LogP contribution is 2.26. The van der Waals surface area contributed by atoms with Crippen LogP contribution in [0.5, 0.6) is 5.75 Å². The number of hydrogen-bond donors (Lipinski definition) is 1. The Bertz CT molecular complexity index is 330. The van der Waals surface area contributed by atoms with Gasteiger partial charge in [0.25, 0.3) is 0 Å². The van der Waals surface area contributed by atoms with Crippen LogP contribution in [0.25, 0.3) is 0 Å². The van der Waals surface area contributed by atoms with Crippen molar-refractivity contribution in [1.29, 1.82) is 5.26 Å². The van der Waals surface area contributed by atoms with Crippen molar-refractivity contribution in [2.24, 2.45) is 0 Å². The number of aromatic nitrogens is 1. The van der Waals surface area contributed by atoms with E-state index >= 15 is 0 Å². The summed E-state index contributed by atoms with van der Waals surface area (Å²) in [6.45, 7) is 1.76. The van der Waals surface area contributed by atoms with Crippen molar-refractivity contribution in [2.45, 2.75) is 6.92 Å². The van der Waals surface area contributed by atoms with E-state index in [1.807, 2.05) is 0 Å². The Kier molecular flexibility index (Phi) is 2.11. The van der Waals surface area contributed by atoms with Gasteiger partial charge in [-0.1, -0.05) is 0 Å². The van der Waals surface area contributed by atoms with Crippen molar-refractivity contribution >= 4 is 15.9 Å². The third-order valence-corrected chi connectivity index (χ3v) is 1.78. The second-order valence-corrected chi connectivity index (χ2v) is 2.91. The molecule has 0 saturated heterocycles. The van der Waals surface area contributed by atoms with E-state index < -0.39 is 0 Å². The topological polar surface area (TPSA) is 56.9 Å². The molecule has 0 unspecified atom stereocenters. The number of aryl methyl sites for hydroxylation is 1. The van der Waals surface area contributed by atoms with Crippen LogP contribution in [0.3, 0.4) is 0 Å². The molecule has 1 rings (SSSR count). The first-order valence-electron chi connectivity index (χ1n) is 2.91. The van der Waals surface area contributed by atoms with Gasteiger partial charge in [-0.15, -0.1) is 0 Å². The summed E-state index contributed by atoms with van der Waals surface area (Å²) >= 11 is 3.10. The second kappa shape index (κ2) is 2.89. The molecule has 0 fully saturated rings. The summed E-state index contributed by atoms with van der Waals surface area (Å²) in [6, 6.07) is 3.43. The molecule has 0 bridgehead atoms. The van der Waals surface area contributed by atoms with Crippen molar-refractivity contribution in [2.75, 3.05) is 0 Å². The number of nitriles is 1. The Morgan fingerprint density at radius 3 is 2.91 bits per heavy atom. The maximum atomic E-state index is 9.19. The molecule has 1 aromatic rings. The van der Waals surface area contributed by atoms with E-state index in [9.17, 15) is 5.11 Å². The predicted molar refractivity (Wildman–Crippen MR) is 43.1 cm³/mol. The second-order valence-electron chi connectivity index (χ2n) is 2.05. The summed E-state index contributed by atoms with van der Waals surface area (Å²) < 4.78 is 0.501. The quantitative estimate of drug-likeness (QED) is 0.713. The Labute approximate surface area is 72.4 Å². The minimum absolute atomic E-state index is 0.0527. The van der Waals surface area contributed by atoms with Gasteiger partial charge in [0.2, 0.25) is 0 Å². The van der Waals surface area contributed by atoms with Crippen molar-refractivity contribution in [3.05, 3.63) is 21.9 Å². The summed E-state index contributed by atoms with van der Waals surface area (Å²) in [5.41, 5.74) is 0.753. The highest BCUT2D eigenvalue weighted by molar-refractivity contribution is 9.10. The molecule has 4 heteroatoms. The van der Waals surface area contributed by atoms with Gasteiger partial charge in [-0.3, -0.25) is 0 Å². The van der Waals surface area contributed by atoms with E-state index in [0.717, 1.165) is 0 Å². The van der Waals surface area contributed by atoms with Crippen molar-refractivity contribution in [1.82, 2.24) is 4.98 Å². The minimum atomic E-state index is -0.0990. The molecule has 0 aliphatic rings. The lowest BCUT2D eigenvalue weighted by Gasteiger charge is -1.98. The fourth-order valence-electron chi connectivity index (χ4n) is 0.704. The van der Waals surface area contributed by atoms with E-state index in [0.29, 0.717) is 10.2 Å². The molecule has 1 aromatic heterocycles. The van der Waals surface area contributed by atoms with Crippen LogP contribution < -0.4 is 0 Å². The Morgan fingerprint density at radius 1 is 1.73 bits per heavy atom. The standard InChI is InChI=1S/C7H5BrN2O/c1-4-2-5(8)7(11)6(3-9)10-4/h2,11H,1H3. The molecule has 3 nitrogen and oxygen atoms in total. The van der Waals surface area contributed by atoms with Gasteiger partial charge in [-0.05, 0) is 28.9 Å². The SMILES string of the molecule is Cc1cc(Br)c(O)c(C#N)n1. The van der Waals surface area contributed by atoms with Gasteiger partial charge in [-0.2, -0.15) is 5.26 Å². The number of nitrogens with zero attached hydrogens (tertiary/aromatic N) is 2. The van der Waals surface area contributed by atoms with Gasteiger partial charge in [-0.25, -0.2) is 4.98 Å². The molecule has 56 valence electrons. The van der Waals surface area contributed by atoms with Crippen LogP contribution in [-0.4, -0.2) is 10.1 Å². The molecule has 1 heterocycles. The normalized spacial score (nSPS) is 9.18. The highest BCUT2D eigenvalue weighted by atomic mass is 79.9. The van der Waals surface area contributed by atoms with Gasteiger partial charge >= 0.3 is 0 Å². The molecule has 0 spiro atoms. The molecule has 0 aliphatic heterocycles. The summed E-state index contributed by atoms with van der Waals surface area (Å²) in [5.74, 6) is -0.0990. The van der Waals surface area contributed by atoms with Crippen molar-refractivity contribution < 1.29 is 5.11 Å². The first-order valence-corrected chi connectivity index (χ1v) is 3.70. The number of pyridine rings is 1. The fraction of sp³-hybridized carbons (Fsp3) is 0.143. The zero-order valence-corrected chi connectivity index (χ0v) is 7.38.